The van der Waals surface area contributed by atoms with Gasteiger partial charge in [-0.05, 0) is 56.8 Å². The van der Waals surface area contributed by atoms with Crippen LogP contribution in [0.5, 0.6) is 11.5 Å². The normalized spacial score (nSPS) is 41.9. The molecule has 4 nitrogen and oxygen atoms in total. The molecule has 2 fully saturated rings. The number of benzene rings is 1. The van der Waals surface area contributed by atoms with Crippen molar-refractivity contribution < 1.29 is 14.6 Å². The van der Waals surface area contributed by atoms with E-state index in [0.717, 1.165) is 31.6 Å². The van der Waals surface area contributed by atoms with Gasteiger partial charge in [0.1, 0.15) is 6.10 Å². The molecular weight excluding hydrogens is 278 g/mol. The first-order chi connectivity index (χ1) is 10.7. The van der Waals surface area contributed by atoms with Crippen molar-refractivity contribution in [1.82, 2.24) is 4.90 Å². The van der Waals surface area contributed by atoms with E-state index in [1.165, 1.54) is 17.5 Å². The van der Waals surface area contributed by atoms with Crippen molar-refractivity contribution in [3.05, 3.63) is 23.3 Å². The van der Waals surface area contributed by atoms with Gasteiger partial charge in [-0.15, -0.1) is 0 Å². The highest BCUT2D eigenvalue weighted by Crippen LogP contribution is 2.63. The highest BCUT2D eigenvalue weighted by atomic mass is 16.5. The van der Waals surface area contributed by atoms with Crippen LogP contribution >= 0.6 is 0 Å². The minimum absolute atomic E-state index is 0.0533. The summed E-state index contributed by atoms with van der Waals surface area (Å²) < 4.78 is 12.1. The Balaban J connectivity index is 1.78. The second-order valence-corrected chi connectivity index (χ2v) is 7.49. The molecule has 5 rings (SSSR count). The molecule has 1 aromatic carbocycles. The topological polar surface area (TPSA) is 41.9 Å². The van der Waals surface area contributed by atoms with Crippen LogP contribution in [-0.4, -0.2) is 49.0 Å². The molecular formula is C18H23NO3. The molecule has 2 heterocycles. The van der Waals surface area contributed by atoms with E-state index in [2.05, 4.69) is 18.0 Å². The number of phenols is 1. The summed E-state index contributed by atoms with van der Waals surface area (Å²) in [7, 11) is 4.06. The summed E-state index contributed by atoms with van der Waals surface area (Å²) in [5.41, 5.74) is 2.74. The molecule has 1 aromatic rings. The maximum absolute atomic E-state index is 10.3. The first kappa shape index (κ1) is 13.2. The average molecular weight is 301 g/mol. The molecule has 4 heteroatoms. The van der Waals surface area contributed by atoms with Gasteiger partial charge in [0.25, 0.3) is 0 Å². The lowest BCUT2D eigenvalue weighted by Crippen LogP contribution is -2.66. The number of likely N-dealkylation sites (tertiary alicyclic amines) is 1. The van der Waals surface area contributed by atoms with Gasteiger partial charge in [0, 0.05) is 24.1 Å². The van der Waals surface area contributed by atoms with Crippen LogP contribution in [0.3, 0.4) is 0 Å². The zero-order chi connectivity index (χ0) is 15.1. The Kier molecular flexibility index (Phi) is 2.51. The van der Waals surface area contributed by atoms with Crippen molar-refractivity contribution in [1.29, 1.82) is 0 Å². The van der Waals surface area contributed by atoms with Gasteiger partial charge in [0.15, 0.2) is 11.5 Å². The molecule has 5 atom stereocenters. The number of phenolic OH excluding ortho intramolecular Hbond substituents is 1. The second kappa shape index (κ2) is 4.18. The maximum atomic E-state index is 10.3. The predicted octanol–water partition coefficient (Wildman–Crippen LogP) is 2.08. The van der Waals surface area contributed by atoms with Crippen molar-refractivity contribution in [2.75, 3.05) is 20.7 Å². The van der Waals surface area contributed by atoms with Crippen molar-refractivity contribution >= 4 is 0 Å². The molecule has 1 saturated carbocycles. The first-order valence-corrected chi connectivity index (χ1v) is 8.42. The van der Waals surface area contributed by atoms with Crippen LogP contribution < -0.4 is 4.74 Å². The number of hydrogen-bond donors (Lipinski definition) is 1. The minimum atomic E-state index is 0.0533. The number of rotatable bonds is 1. The Morgan fingerprint density at radius 2 is 2.23 bits per heavy atom. The van der Waals surface area contributed by atoms with Crippen molar-refractivity contribution in [2.45, 2.75) is 49.3 Å². The summed E-state index contributed by atoms with van der Waals surface area (Å²) >= 11 is 0. The fourth-order valence-corrected chi connectivity index (χ4v) is 5.93. The quantitative estimate of drug-likeness (QED) is 0.862. The third kappa shape index (κ3) is 1.32. The molecule has 1 saturated heterocycles. The Bertz CT molecular complexity index is 645. The smallest absolute Gasteiger partial charge is 0.165 e. The fraction of sp³-hybridized carbons (Fsp3) is 0.667. The van der Waals surface area contributed by atoms with Gasteiger partial charge in [-0.1, -0.05) is 6.07 Å². The third-order valence-electron chi connectivity index (χ3n) is 6.84. The van der Waals surface area contributed by atoms with Crippen LogP contribution in [0.25, 0.3) is 0 Å². The lowest BCUT2D eigenvalue weighted by Gasteiger charge is -2.58. The lowest BCUT2D eigenvalue weighted by molar-refractivity contribution is -0.111. The molecule has 118 valence electrons. The number of likely N-dealkylation sites (N-methyl/N-ethyl adjacent to an activating group) is 1. The summed E-state index contributed by atoms with van der Waals surface area (Å²) in [5.74, 6) is 1.67. The van der Waals surface area contributed by atoms with E-state index in [9.17, 15) is 5.11 Å². The number of ether oxygens (including phenoxy) is 2. The monoisotopic (exact) mass is 301 g/mol. The molecule has 1 unspecified atom stereocenters. The highest BCUT2D eigenvalue weighted by Gasteiger charge is 2.65. The van der Waals surface area contributed by atoms with Gasteiger partial charge in [-0.3, -0.25) is 0 Å². The van der Waals surface area contributed by atoms with E-state index in [1.54, 1.807) is 13.2 Å². The minimum Gasteiger partial charge on any atom is -0.504 e. The first-order valence-electron chi connectivity index (χ1n) is 8.42. The van der Waals surface area contributed by atoms with Crippen LogP contribution in [0.1, 0.15) is 30.4 Å². The highest BCUT2D eigenvalue weighted by molar-refractivity contribution is 5.60. The van der Waals surface area contributed by atoms with Gasteiger partial charge in [-0.25, -0.2) is 0 Å². The van der Waals surface area contributed by atoms with Crippen LogP contribution in [0.2, 0.25) is 0 Å². The predicted molar refractivity (Wildman–Crippen MR) is 82.5 cm³/mol. The van der Waals surface area contributed by atoms with Gasteiger partial charge >= 0.3 is 0 Å². The van der Waals surface area contributed by atoms with Crippen LogP contribution in [0, 0.1) is 5.92 Å². The van der Waals surface area contributed by atoms with Crippen LogP contribution in [0.4, 0.5) is 0 Å². The maximum Gasteiger partial charge on any atom is 0.165 e. The summed E-state index contributed by atoms with van der Waals surface area (Å²) in [6, 6.07) is 4.51. The van der Waals surface area contributed by atoms with E-state index in [-0.39, 0.29) is 17.6 Å². The molecule has 2 aliphatic carbocycles. The Hall–Kier alpha value is -1.26. The zero-order valence-corrected chi connectivity index (χ0v) is 13.2. The summed E-state index contributed by atoms with van der Waals surface area (Å²) in [5, 5.41) is 10.3. The molecule has 0 amide bonds. The van der Waals surface area contributed by atoms with Gasteiger partial charge < -0.3 is 19.5 Å². The largest absolute Gasteiger partial charge is 0.504 e. The number of methoxy groups -OCH3 is 1. The average Bonchev–Trinajstić information content (AvgIpc) is 2.88. The second-order valence-electron chi connectivity index (χ2n) is 7.49. The molecule has 2 bridgehead atoms. The van der Waals surface area contributed by atoms with Crippen molar-refractivity contribution in [3.63, 3.8) is 0 Å². The van der Waals surface area contributed by atoms with Crippen molar-refractivity contribution in [2.24, 2.45) is 5.92 Å². The SMILES string of the molecule is COC1CC[C@H]2[C@H]3Cc4ccc(O)c5c4[C@@]2(CCN3C)[C@H]1O5. The molecule has 1 N–H and O–H groups in total. The summed E-state index contributed by atoms with van der Waals surface area (Å²) in [6.45, 7) is 1.10. The number of nitrogens with zero attached hydrogens (tertiary/aromatic N) is 1. The fourth-order valence-electron chi connectivity index (χ4n) is 5.93. The number of piperidine rings is 1. The number of hydrogen-bond acceptors (Lipinski definition) is 4. The van der Waals surface area contributed by atoms with E-state index in [0.29, 0.717) is 17.7 Å². The molecule has 22 heavy (non-hydrogen) atoms. The lowest BCUT2D eigenvalue weighted by atomic mass is 9.51. The summed E-state index contributed by atoms with van der Waals surface area (Å²) in [4.78, 5) is 2.54. The molecule has 0 aromatic heterocycles. The van der Waals surface area contributed by atoms with Crippen LogP contribution in [0.15, 0.2) is 12.1 Å². The Labute approximate surface area is 131 Å². The van der Waals surface area contributed by atoms with Gasteiger partial charge in [0.2, 0.25) is 0 Å². The third-order valence-corrected chi connectivity index (χ3v) is 6.84. The molecule has 2 aliphatic heterocycles. The Morgan fingerprint density at radius 1 is 1.36 bits per heavy atom. The van der Waals surface area contributed by atoms with E-state index < -0.39 is 0 Å². The molecule has 4 aliphatic rings. The Morgan fingerprint density at radius 3 is 3.05 bits per heavy atom. The standard InChI is InChI=1S/C18H23NO3/c1-19-8-7-18-11-4-6-14(21-2)17(18)22-16-13(20)5-3-10(15(16)18)9-12(11)19/h3,5,11-12,14,17,20H,4,6-9H2,1-2H3/t11-,12+,14?,17-,18-/m0/s1. The van der Waals surface area contributed by atoms with E-state index in [4.69, 9.17) is 9.47 Å². The van der Waals surface area contributed by atoms with Crippen LogP contribution in [-0.2, 0) is 16.6 Å². The van der Waals surface area contributed by atoms with Gasteiger partial charge in [0.05, 0.1) is 6.10 Å². The number of aromatic hydroxyl groups is 1. The van der Waals surface area contributed by atoms with Gasteiger partial charge in [-0.2, -0.15) is 0 Å². The zero-order valence-electron chi connectivity index (χ0n) is 13.2. The molecule has 0 radical (unpaired) electrons. The van der Waals surface area contributed by atoms with E-state index >= 15 is 0 Å². The van der Waals surface area contributed by atoms with Crippen molar-refractivity contribution in [3.8, 4) is 11.5 Å². The molecule has 1 spiro atoms. The summed E-state index contributed by atoms with van der Waals surface area (Å²) in [6.07, 6.45) is 4.65. The van der Waals surface area contributed by atoms with E-state index in [1.807, 2.05) is 0 Å².